The zero-order chi connectivity index (χ0) is 12.7. The second kappa shape index (κ2) is 4.48. The van der Waals surface area contributed by atoms with Gasteiger partial charge < -0.3 is 5.73 Å². The van der Waals surface area contributed by atoms with Crippen molar-refractivity contribution < 1.29 is 4.39 Å². The summed E-state index contributed by atoms with van der Waals surface area (Å²) < 4.78 is 16.8. The Morgan fingerprint density at radius 3 is 3.06 bits per heavy atom. The van der Waals surface area contributed by atoms with Gasteiger partial charge in [0.05, 0.1) is 5.69 Å². The summed E-state index contributed by atoms with van der Waals surface area (Å²) in [7, 11) is 0. The van der Waals surface area contributed by atoms with Gasteiger partial charge in [0.1, 0.15) is 5.82 Å². The molecular weight excluding hydrogens is 297 g/mol. The number of aryl methyl sites for hydroxylation is 1. The van der Waals surface area contributed by atoms with Crippen LogP contribution in [0.15, 0.2) is 22.7 Å². The molecule has 0 saturated carbocycles. The number of benzene rings is 1. The van der Waals surface area contributed by atoms with Gasteiger partial charge in [0, 0.05) is 34.4 Å². The van der Waals surface area contributed by atoms with E-state index in [1.807, 2.05) is 4.68 Å². The number of rotatable bonds is 2. The first kappa shape index (κ1) is 11.9. The Labute approximate surface area is 113 Å². The molecule has 0 bridgehead atoms. The van der Waals surface area contributed by atoms with Crippen LogP contribution in [0.4, 0.5) is 4.39 Å². The van der Waals surface area contributed by atoms with Crippen molar-refractivity contribution in [2.75, 3.05) is 0 Å². The zero-order valence-corrected chi connectivity index (χ0v) is 11.4. The highest BCUT2D eigenvalue weighted by atomic mass is 79.9. The normalized spacial score (nSPS) is 13.9. The van der Waals surface area contributed by atoms with Gasteiger partial charge in [-0.2, -0.15) is 5.10 Å². The van der Waals surface area contributed by atoms with Crippen molar-refractivity contribution in [3.63, 3.8) is 0 Å². The molecule has 0 spiro atoms. The van der Waals surface area contributed by atoms with Gasteiger partial charge in [0.25, 0.3) is 0 Å². The summed E-state index contributed by atoms with van der Waals surface area (Å²) in [6.07, 6.45) is 2.00. The monoisotopic (exact) mass is 309 g/mol. The van der Waals surface area contributed by atoms with E-state index in [0.717, 1.165) is 40.8 Å². The second-order valence-electron chi connectivity index (χ2n) is 4.42. The lowest BCUT2D eigenvalue weighted by atomic mass is 10.0. The lowest BCUT2D eigenvalue weighted by molar-refractivity contribution is 0.630. The molecule has 0 radical (unpaired) electrons. The SMILES string of the molecule is NCc1nn2c(c1-c1cc(Br)ccc1F)CCC2. The summed E-state index contributed by atoms with van der Waals surface area (Å²) >= 11 is 3.38. The number of fused-ring (bicyclic) bond motifs is 1. The lowest BCUT2D eigenvalue weighted by Gasteiger charge is -2.06. The van der Waals surface area contributed by atoms with Crippen LogP contribution in [0.1, 0.15) is 17.8 Å². The van der Waals surface area contributed by atoms with Gasteiger partial charge >= 0.3 is 0 Å². The first-order valence-electron chi connectivity index (χ1n) is 5.94. The maximum atomic E-state index is 14.0. The van der Waals surface area contributed by atoms with Crippen LogP contribution in [0, 0.1) is 5.82 Å². The fourth-order valence-electron chi connectivity index (χ4n) is 2.53. The smallest absolute Gasteiger partial charge is 0.131 e. The van der Waals surface area contributed by atoms with E-state index >= 15 is 0 Å². The zero-order valence-electron chi connectivity index (χ0n) is 9.79. The maximum Gasteiger partial charge on any atom is 0.131 e. The van der Waals surface area contributed by atoms with Crippen molar-refractivity contribution in [2.24, 2.45) is 5.73 Å². The Balaban J connectivity index is 2.24. The minimum absolute atomic E-state index is 0.226. The van der Waals surface area contributed by atoms with Crippen LogP contribution < -0.4 is 5.73 Å². The van der Waals surface area contributed by atoms with Crippen LogP contribution in [-0.2, 0) is 19.5 Å². The van der Waals surface area contributed by atoms with E-state index in [4.69, 9.17) is 5.73 Å². The predicted molar refractivity (Wildman–Crippen MR) is 71.5 cm³/mol. The number of aromatic nitrogens is 2. The van der Waals surface area contributed by atoms with E-state index in [1.165, 1.54) is 6.07 Å². The lowest BCUT2D eigenvalue weighted by Crippen LogP contribution is -2.01. The van der Waals surface area contributed by atoms with Gasteiger partial charge in [-0.05, 0) is 31.0 Å². The third-order valence-electron chi connectivity index (χ3n) is 3.30. The molecule has 3 rings (SSSR count). The van der Waals surface area contributed by atoms with Gasteiger partial charge in [-0.1, -0.05) is 15.9 Å². The van der Waals surface area contributed by atoms with Crippen molar-refractivity contribution in [1.29, 1.82) is 0 Å². The molecule has 1 aromatic heterocycles. The van der Waals surface area contributed by atoms with Crippen LogP contribution in [0.3, 0.4) is 0 Å². The standard InChI is InChI=1S/C13H13BrFN3/c14-8-3-4-10(15)9(6-8)13-11(7-16)17-18-5-1-2-12(13)18/h3-4,6H,1-2,5,7,16H2. The summed E-state index contributed by atoms with van der Waals surface area (Å²) in [6.45, 7) is 1.24. The molecule has 0 amide bonds. The Morgan fingerprint density at radius 1 is 1.44 bits per heavy atom. The van der Waals surface area contributed by atoms with Crippen molar-refractivity contribution in [3.05, 3.63) is 39.9 Å². The summed E-state index contributed by atoms with van der Waals surface area (Å²) in [5.41, 5.74) is 9.08. The van der Waals surface area contributed by atoms with E-state index in [0.29, 0.717) is 12.1 Å². The Hall–Kier alpha value is -1.20. The van der Waals surface area contributed by atoms with Crippen LogP contribution in [-0.4, -0.2) is 9.78 Å². The molecule has 1 aliphatic heterocycles. The number of hydrogen-bond acceptors (Lipinski definition) is 2. The molecule has 0 atom stereocenters. The highest BCUT2D eigenvalue weighted by Gasteiger charge is 2.23. The molecule has 0 aliphatic carbocycles. The molecule has 0 fully saturated rings. The average Bonchev–Trinajstić information content (AvgIpc) is 2.92. The van der Waals surface area contributed by atoms with Crippen molar-refractivity contribution in [1.82, 2.24) is 9.78 Å². The largest absolute Gasteiger partial charge is 0.325 e. The molecule has 18 heavy (non-hydrogen) atoms. The van der Waals surface area contributed by atoms with E-state index in [9.17, 15) is 4.39 Å². The average molecular weight is 310 g/mol. The van der Waals surface area contributed by atoms with E-state index in [1.54, 1.807) is 12.1 Å². The molecule has 94 valence electrons. The number of nitrogens with zero attached hydrogens (tertiary/aromatic N) is 2. The first-order chi connectivity index (χ1) is 8.70. The molecule has 2 heterocycles. The Morgan fingerprint density at radius 2 is 2.28 bits per heavy atom. The van der Waals surface area contributed by atoms with Crippen LogP contribution in [0.5, 0.6) is 0 Å². The summed E-state index contributed by atoms with van der Waals surface area (Å²) in [4.78, 5) is 0. The summed E-state index contributed by atoms with van der Waals surface area (Å²) in [5.74, 6) is -0.226. The first-order valence-corrected chi connectivity index (χ1v) is 6.74. The molecule has 3 nitrogen and oxygen atoms in total. The van der Waals surface area contributed by atoms with Crippen molar-refractivity contribution in [2.45, 2.75) is 25.9 Å². The molecule has 2 N–H and O–H groups in total. The predicted octanol–water partition coefficient (Wildman–Crippen LogP) is 2.86. The van der Waals surface area contributed by atoms with E-state index in [-0.39, 0.29) is 5.82 Å². The minimum Gasteiger partial charge on any atom is -0.325 e. The number of nitrogens with two attached hydrogens (primary N) is 1. The highest BCUT2D eigenvalue weighted by molar-refractivity contribution is 9.10. The highest BCUT2D eigenvalue weighted by Crippen LogP contribution is 2.34. The molecule has 2 aromatic rings. The van der Waals surface area contributed by atoms with Gasteiger partial charge in [-0.25, -0.2) is 4.39 Å². The van der Waals surface area contributed by atoms with Crippen LogP contribution in [0.25, 0.3) is 11.1 Å². The minimum atomic E-state index is -0.226. The van der Waals surface area contributed by atoms with Gasteiger partial charge in [-0.3, -0.25) is 4.68 Å². The molecular formula is C13H13BrFN3. The van der Waals surface area contributed by atoms with E-state index < -0.39 is 0 Å². The third-order valence-corrected chi connectivity index (χ3v) is 3.80. The Bertz CT molecular complexity index is 607. The van der Waals surface area contributed by atoms with Crippen molar-refractivity contribution in [3.8, 4) is 11.1 Å². The summed E-state index contributed by atoms with van der Waals surface area (Å²) in [6, 6.07) is 4.97. The topological polar surface area (TPSA) is 43.8 Å². The number of hydrogen-bond donors (Lipinski definition) is 1. The maximum absolute atomic E-state index is 14.0. The fourth-order valence-corrected chi connectivity index (χ4v) is 2.89. The molecule has 0 unspecified atom stereocenters. The van der Waals surface area contributed by atoms with Gasteiger partial charge in [0.15, 0.2) is 0 Å². The number of halogens is 2. The van der Waals surface area contributed by atoms with Gasteiger partial charge in [0.2, 0.25) is 0 Å². The van der Waals surface area contributed by atoms with Crippen molar-refractivity contribution >= 4 is 15.9 Å². The van der Waals surface area contributed by atoms with Gasteiger partial charge in [-0.15, -0.1) is 0 Å². The summed E-state index contributed by atoms with van der Waals surface area (Å²) in [5, 5.41) is 4.47. The molecule has 1 aliphatic rings. The van der Waals surface area contributed by atoms with Crippen LogP contribution >= 0.6 is 15.9 Å². The molecule has 5 heteroatoms. The second-order valence-corrected chi connectivity index (χ2v) is 5.34. The quantitative estimate of drug-likeness (QED) is 0.927. The molecule has 1 aromatic carbocycles. The molecule has 0 saturated heterocycles. The fraction of sp³-hybridized carbons (Fsp3) is 0.308. The Kier molecular flexibility index (Phi) is 2.95. The third kappa shape index (κ3) is 1.78. The van der Waals surface area contributed by atoms with E-state index in [2.05, 4.69) is 21.0 Å². The van der Waals surface area contributed by atoms with Crippen LogP contribution in [0.2, 0.25) is 0 Å².